The van der Waals surface area contributed by atoms with Gasteiger partial charge in [-0.05, 0) is 59.7 Å². The van der Waals surface area contributed by atoms with Crippen LogP contribution in [0.25, 0.3) is 0 Å². The summed E-state index contributed by atoms with van der Waals surface area (Å²) in [6.07, 6.45) is -8.61. The minimum Gasteiger partial charge on any atom is -0.504 e. The number of hydrogen-bond donors (Lipinski definition) is 10. The van der Waals surface area contributed by atoms with Gasteiger partial charge >= 0.3 is 0 Å². The monoisotopic (exact) mass is 594 g/mol. The first kappa shape index (κ1) is 27.9. The number of aromatic hydroxyl groups is 8. The van der Waals surface area contributed by atoms with Gasteiger partial charge < -0.3 is 65.3 Å². The Morgan fingerprint density at radius 1 is 0.465 bits per heavy atom. The normalized spacial score (nSPS) is 24.3. The molecule has 0 radical (unpaired) electrons. The lowest BCUT2D eigenvalue weighted by molar-refractivity contribution is -0.175. The van der Waals surface area contributed by atoms with Gasteiger partial charge in [-0.2, -0.15) is 0 Å². The minimum atomic E-state index is -1.58. The molecule has 6 unspecified atom stereocenters. The lowest BCUT2D eigenvalue weighted by Gasteiger charge is -2.42. The number of fused-ring (bicyclic) bond motifs is 2. The zero-order valence-electron chi connectivity index (χ0n) is 21.9. The number of phenolic OH excluding ortho intramolecular Hbond substituents is 8. The molecule has 4 aromatic carbocycles. The molecule has 13 nitrogen and oxygen atoms in total. The van der Waals surface area contributed by atoms with Crippen molar-refractivity contribution in [1.29, 1.82) is 0 Å². The highest BCUT2D eigenvalue weighted by atomic mass is 16.6. The smallest absolute Gasteiger partial charge is 0.200 e. The maximum absolute atomic E-state index is 11.6. The van der Waals surface area contributed by atoms with Crippen LogP contribution in [0.3, 0.4) is 0 Å². The van der Waals surface area contributed by atoms with Crippen LogP contribution in [0.4, 0.5) is 0 Å². The second kappa shape index (κ2) is 10.2. The highest BCUT2D eigenvalue weighted by molar-refractivity contribution is 5.58. The first-order valence-corrected chi connectivity index (χ1v) is 12.9. The first-order valence-electron chi connectivity index (χ1n) is 12.9. The summed E-state index contributed by atoms with van der Waals surface area (Å²) in [5.74, 6) is -4.82. The van der Waals surface area contributed by atoms with Crippen LogP contribution in [0.15, 0.2) is 60.7 Å². The van der Waals surface area contributed by atoms with Gasteiger partial charge in [0.25, 0.3) is 0 Å². The van der Waals surface area contributed by atoms with Gasteiger partial charge in [0.05, 0.1) is 0 Å². The Kier molecular flexibility index (Phi) is 6.64. The number of ether oxygens (including phenoxy) is 3. The Balaban J connectivity index is 1.47. The predicted molar refractivity (Wildman–Crippen MR) is 144 cm³/mol. The minimum absolute atomic E-state index is 0.0733. The Morgan fingerprint density at radius 2 is 0.837 bits per heavy atom. The highest BCUT2D eigenvalue weighted by Crippen LogP contribution is 2.55. The van der Waals surface area contributed by atoms with Gasteiger partial charge in [0.2, 0.25) is 11.5 Å². The number of phenols is 8. The third kappa shape index (κ3) is 4.55. The molecule has 0 amide bonds. The van der Waals surface area contributed by atoms with E-state index >= 15 is 0 Å². The Labute approximate surface area is 242 Å². The Bertz CT molecular complexity index is 1600. The van der Waals surface area contributed by atoms with E-state index in [9.17, 15) is 51.1 Å². The van der Waals surface area contributed by atoms with E-state index in [1.165, 1.54) is 36.4 Å². The standard InChI is InChI=1S/C30H26O13/c31-15-5-1-11(9-19(15)35)25-23(39)29(13-3-7-17(33)21(37)27(13)41-25)43-30-14-4-8-18(34)22(38)28(14)42-26(24(30)40)12-2-6-16(32)20(36)10-12/h1-10,23-26,29-40H. The summed E-state index contributed by atoms with van der Waals surface area (Å²) in [7, 11) is 0. The van der Waals surface area contributed by atoms with E-state index in [-0.39, 0.29) is 33.8 Å². The van der Waals surface area contributed by atoms with Crippen molar-refractivity contribution < 1.29 is 65.3 Å². The van der Waals surface area contributed by atoms with E-state index in [0.717, 1.165) is 24.3 Å². The van der Waals surface area contributed by atoms with Gasteiger partial charge in [-0.15, -0.1) is 0 Å². The molecule has 10 N–H and O–H groups in total. The van der Waals surface area contributed by atoms with E-state index in [1.807, 2.05) is 0 Å². The fourth-order valence-corrected chi connectivity index (χ4v) is 5.36. The molecule has 0 aromatic heterocycles. The van der Waals surface area contributed by atoms with Crippen LogP contribution >= 0.6 is 0 Å². The van der Waals surface area contributed by atoms with Gasteiger partial charge in [-0.1, -0.05) is 12.1 Å². The summed E-state index contributed by atoms with van der Waals surface area (Å²) in [6, 6.07) is 12.3. The fourth-order valence-electron chi connectivity index (χ4n) is 5.36. The number of hydrogen-bond acceptors (Lipinski definition) is 13. The van der Waals surface area contributed by atoms with Crippen molar-refractivity contribution in [1.82, 2.24) is 0 Å². The van der Waals surface area contributed by atoms with Crippen LogP contribution < -0.4 is 9.47 Å². The third-order valence-corrected chi connectivity index (χ3v) is 7.57. The largest absolute Gasteiger partial charge is 0.504 e. The van der Waals surface area contributed by atoms with Crippen molar-refractivity contribution in [2.24, 2.45) is 0 Å². The second-order valence-electron chi connectivity index (χ2n) is 10.2. The second-order valence-corrected chi connectivity index (χ2v) is 10.2. The van der Waals surface area contributed by atoms with Gasteiger partial charge in [0.15, 0.2) is 58.2 Å². The van der Waals surface area contributed by atoms with E-state index in [1.54, 1.807) is 0 Å². The van der Waals surface area contributed by atoms with Gasteiger partial charge in [0.1, 0.15) is 24.4 Å². The summed E-state index contributed by atoms with van der Waals surface area (Å²) >= 11 is 0. The molecule has 6 atom stereocenters. The number of aliphatic hydroxyl groups excluding tert-OH is 2. The summed E-state index contributed by atoms with van der Waals surface area (Å²) in [4.78, 5) is 0. The molecule has 0 fully saturated rings. The van der Waals surface area contributed by atoms with Crippen molar-refractivity contribution in [3.8, 4) is 57.5 Å². The predicted octanol–water partition coefficient (Wildman–Crippen LogP) is 3.12. The van der Waals surface area contributed by atoms with E-state index in [4.69, 9.17) is 14.2 Å². The van der Waals surface area contributed by atoms with Crippen molar-refractivity contribution in [2.45, 2.75) is 36.6 Å². The average molecular weight is 595 g/mol. The lowest BCUT2D eigenvalue weighted by Crippen LogP contribution is -2.41. The molecule has 4 aromatic rings. The van der Waals surface area contributed by atoms with Crippen LogP contribution in [-0.4, -0.2) is 63.3 Å². The quantitative estimate of drug-likeness (QED) is 0.153. The molecule has 224 valence electrons. The van der Waals surface area contributed by atoms with Gasteiger partial charge in [0, 0.05) is 11.1 Å². The molecule has 2 aliphatic rings. The van der Waals surface area contributed by atoms with Crippen molar-refractivity contribution in [3.63, 3.8) is 0 Å². The summed E-state index contributed by atoms with van der Waals surface area (Å²) in [6.45, 7) is 0. The molecule has 0 aliphatic carbocycles. The number of rotatable bonds is 4. The van der Waals surface area contributed by atoms with Crippen LogP contribution in [0.2, 0.25) is 0 Å². The zero-order valence-corrected chi connectivity index (χ0v) is 21.9. The maximum atomic E-state index is 11.6. The van der Waals surface area contributed by atoms with Crippen molar-refractivity contribution in [2.75, 3.05) is 0 Å². The summed E-state index contributed by atoms with van der Waals surface area (Å²) in [5.41, 5.74) is 0.476. The van der Waals surface area contributed by atoms with Crippen LogP contribution in [0.1, 0.15) is 46.7 Å². The van der Waals surface area contributed by atoms with E-state index in [2.05, 4.69) is 0 Å². The van der Waals surface area contributed by atoms with Crippen LogP contribution in [0, 0.1) is 0 Å². The third-order valence-electron chi connectivity index (χ3n) is 7.57. The molecule has 43 heavy (non-hydrogen) atoms. The molecule has 0 bridgehead atoms. The average Bonchev–Trinajstić information content (AvgIpc) is 2.98. The molecule has 2 aliphatic heterocycles. The summed E-state index contributed by atoms with van der Waals surface area (Å²) < 4.78 is 18.1. The van der Waals surface area contributed by atoms with E-state index < -0.39 is 82.6 Å². The molecule has 2 heterocycles. The molecule has 6 rings (SSSR count). The summed E-state index contributed by atoms with van der Waals surface area (Å²) in [5, 5.41) is 104. The van der Waals surface area contributed by atoms with E-state index in [0.29, 0.717) is 0 Å². The molecule has 0 saturated heterocycles. The SMILES string of the molecule is Oc1ccc(C2Oc3c(ccc(O)c3O)C(OC3c4ccc(O)c(O)c4OC(c4ccc(O)c(O)c4)C3O)C2O)cc1O. The van der Waals surface area contributed by atoms with Gasteiger partial charge in [-0.3, -0.25) is 0 Å². The maximum Gasteiger partial charge on any atom is 0.200 e. The number of benzene rings is 4. The Morgan fingerprint density at radius 3 is 1.21 bits per heavy atom. The molecular formula is C30H26O13. The highest BCUT2D eigenvalue weighted by Gasteiger charge is 2.47. The molecule has 13 heteroatoms. The Hall–Kier alpha value is -5.24. The zero-order chi connectivity index (χ0) is 30.7. The topological polar surface area (TPSA) is 230 Å². The molecule has 0 saturated carbocycles. The van der Waals surface area contributed by atoms with Crippen LogP contribution in [0.5, 0.6) is 57.5 Å². The molecule has 0 spiro atoms. The first-order chi connectivity index (χ1) is 20.5. The molecular weight excluding hydrogens is 568 g/mol. The van der Waals surface area contributed by atoms with Crippen molar-refractivity contribution in [3.05, 3.63) is 82.9 Å². The van der Waals surface area contributed by atoms with Crippen LogP contribution in [-0.2, 0) is 4.74 Å². The van der Waals surface area contributed by atoms with Gasteiger partial charge in [-0.25, -0.2) is 0 Å². The lowest BCUT2D eigenvalue weighted by atomic mass is 9.88. The fraction of sp³-hybridized carbons (Fsp3) is 0.200. The van der Waals surface area contributed by atoms with Crippen molar-refractivity contribution >= 4 is 0 Å². The number of aliphatic hydroxyl groups is 2.